The van der Waals surface area contributed by atoms with Crippen LogP contribution in [0.2, 0.25) is 0 Å². The second-order valence-corrected chi connectivity index (χ2v) is 6.15. The smallest absolute Gasteiger partial charge is 0.188 e. The molecular formula is C22H13NO2. The molecule has 3 heteroatoms. The van der Waals surface area contributed by atoms with E-state index in [2.05, 4.69) is 0 Å². The molecule has 2 heterocycles. The predicted octanol–water partition coefficient (Wildman–Crippen LogP) is 4.69. The topological polar surface area (TPSA) is 38.5 Å². The molecule has 0 fully saturated rings. The summed E-state index contributed by atoms with van der Waals surface area (Å²) in [4.78, 5) is 25.4. The van der Waals surface area contributed by atoms with Gasteiger partial charge in [-0.05, 0) is 29.2 Å². The standard InChI is InChI=1S/C22H13NO2/c24-17-10-11-18(25)20-19(17)21(15-7-2-1-3-8-15)23-13-12-14-6-4-5-9-16(14)22(20)23/h1-13H. The van der Waals surface area contributed by atoms with Gasteiger partial charge in [-0.2, -0.15) is 0 Å². The van der Waals surface area contributed by atoms with E-state index >= 15 is 0 Å². The number of hydrogen-bond donors (Lipinski definition) is 0. The maximum absolute atomic E-state index is 12.7. The van der Waals surface area contributed by atoms with Gasteiger partial charge in [-0.1, -0.05) is 54.6 Å². The molecule has 0 bridgehead atoms. The highest BCUT2D eigenvalue weighted by Gasteiger charge is 2.30. The summed E-state index contributed by atoms with van der Waals surface area (Å²) < 4.78 is 1.98. The molecule has 0 aliphatic heterocycles. The van der Waals surface area contributed by atoms with Gasteiger partial charge in [0.25, 0.3) is 0 Å². The number of pyridine rings is 1. The van der Waals surface area contributed by atoms with Crippen molar-refractivity contribution in [2.24, 2.45) is 0 Å². The summed E-state index contributed by atoms with van der Waals surface area (Å²) in [6.45, 7) is 0. The van der Waals surface area contributed by atoms with E-state index in [-0.39, 0.29) is 11.6 Å². The number of carbonyl (C=O) groups is 2. The fraction of sp³-hybridized carbons (Fsp3) is 0. The minimum Gasteiger partial charge on any atom is -0.314 e. The van der Waals surface area contributed by atoms with Crippen molar-refractivity contribution in [2.45, 2.75) is 0 Å². The number of benzene rings is 2. The Kier molecular flexibility index (Phi) is 2.80. The lowest BCUT2D eigenvalue weighted by Gasteiger charge is -2.07. The number of nitrogens with zero attached hydrogens (tertiary/aromatic N) is 1. The molecule has 1 aliphatic rings. The molecule has 2 aromatic carbocycles. The van der Waals surface area contributed by atoms with Crippen molar-refractivity contribution < 1.29 is 9.59 Å². The van der Waals surface area contributed by atoms with Gasteiger partial charge in [0.2, 0.25) is 0 Å². The summed E-state index contributed by atoms with van der Waals surface area (Å²) in [6, 6.07) is 19.7. The van der Waals surface area contributed by atoms with Crippen LogP contribution in [-0.4, -0.2) is 16.0 Å². The maximum Gasteiger partial charge on any atom is 0.188 e. The van der Waals surface area contributed by atoms with Crippen LogP contribution in [0.15, 0.2) is 79.0 Å². The minimum absolute atomic E-state index is 0.120. The van der Waals surface area contributed by atoms with Crippen LogP contribution in [0.4, 0.5) is 0 Å². The number of aromatic nitrogens is 1. The van der Waals surface area contributed by atoms with Gasteiger partial charge in [0.05, 0.1) is 22.3 Å². The van der Waals surface area contributed by atoms with Crippen LogP contribution >= 0.6 is 0 Å². The number of ketones is 2. The maximum atomic E-state index is 12.7. The molecule has 0 amide bonds. The third kappa shape index (κ3) is 1.86. The van der Waals surface area contributed by atoms with E-state index in [4.69, 9.17) is 0 Å². The van der Waals surface area contributed by atoms with E-state index in [1.807, 2.05) is 71.3 Å². The highest BCUT2D eigenvalue weighted by Crippen LogP contribution is 2.37. The zero-order chi connectivity index (χ0) is 17.0. The van der Waals surface area contributed by atoms with Gasteiger partial charge in [0.15, 0.2) is 11.6 Å². The summed E-state index contributed by atoms with van der Waals surface area (Å²) in [6.07, 6.45) is 4.69. The first-order valence-electron chi connectivity index (χ1n) is 8.13. The number of rotatable bonds is 1. The lowest BCUT2D eigenvalue weighted by Crippen LogP contribution is -2.10. The first kappa shape index (κ1) is 13.9. The normalized spacial score (nSPS) is 13.6. The van der Waals surface area contributed by atoms with E-state index in [0.29, 0.717) is 11.1 Å². The lowest BCUT2D eigenvalue weighted by molar-refractivity contribution is 0.0996. The Morgan fingerprint density at radius 3 is 2.16 bits per heavy atom. The Balaban J connectivity index is 2.05. The molecule has 0 saturated carbocycles. The summed E-state index contributed by atoms with van der Waals surface area (Å²) in [5.41, 5.74) is 3.50. The van der Waals surface area contributed by atoms with E-state index < -0.39 is 0 Å². The second-order valence-electron chi connectivity index (χ2n) is 6.15. The number of carbonyl (C=O) groups excluding carboxylic acids is 2. The Hall–Kier alpha value is -3.46. The molecule has 0 atom stereocenters. The highest BCUT2D eigenvalue weighted by atomic mass is 16.1. The van der Waals surface area contributed by atoms with Crippen molar-refractivity contribution >= 4 is 27.9 Å². The predicted molar refractivity (Wildman–Crippen MR) is 98.1 cm³/mol. The number of hydrogen-bond acceptors (Lipinski definition) is 2. The number of allylic oxidation sites excluding steroid dienone is 2. The van der Waals surface area contributed by atoms with Crippen molar-refractivity contribution in [1.29, 1.82) is 0 Å². The molecule has 0 radical (unpaired) electrons. The average molecular weight is 323 g/mol. The molecule has 3 nitrogen and oxygen atoms in total. The quantitative estimate of drug-likeness (QED) is 0.509. The minimum atomic E-state index is -0.124. The summed E-state index contributed by atoms with van der Waals surface area (Å²) >= 11 is 0. The molecule has 4 aromatic rings. The van der Waals surface area contributed by atoms with Gasteiger partial charge in [-0.15, -0.1) is 0 Å². The van der Waals surface area contributed by atoms with Crippen LogP contribution in [0.25, 0.3) is 27.5 Å². The van der Waals surface area contributed by atoms with Crippen molar-refractivity contribution in [3.8, 4) is 11.3 Å². The van der Waals surface area contributed by atoms with Gasteiger partial charge >= 0.3 is 0 Å². The van der Waals surface area contributed by atoms with Gasteiger partial charge in [0.1, 0.15) is 0 Å². The van der Waals surface area contributed by atoms with Gasteiger partial charge < -0.3 is 4.40 Å². The third-order valence-electron chi connectivity index (χ3n) is 4.75. The van der Waals surface area contributed by atoms with Crippen LogP contribution in [0.1, 0.15) is 20.7 Å². The van der Waals surface area contributed by atoms with Gasteiger partial charge in [0, 0.05) is 11.6 Å². The summed E-state index contributed by atoms with van der Waals surface area (Å²) in [7, 11) is 0. The molecule has 5 rings (SSSR count). The zero-order valence-electron chi connectivity index (χ0n) is 13.3. The fourth-order valence-corrected chi connectivity index (χ4v) is 3.69. The Labute approximate surface area is 143 Å². The monoisotopic (exact) mass is 323 g/mol. The van der Waals surface area contributed by atoms with Crippen LogP contribution in [0.5, 0.6) is 0 Å². The second kappa shape index (κ2) is 5.02. The fourth-order valence-electron chi connectivity index (χ4n) is 3.69. The van der Waals surface area contributed by atoms with E-state index in [0.717, 1.165) is 27.5 Å². The first-order valence-corrected chi connectivity index (χ1v) is 8.13. The van der Waals surface area contributed by atoms with E-state index in [1.165, 1.54) is 12.2 Å². The van der Waals surface area contributed by atoms with Gasteiger partial charge in [-0.3, -0.25) is 9.59 Å². The molecule has 2 aromatic heterocycles. The van der Waals surface area contributed by atoms with Crippen LogP contribution in [0, 0.1) is 0 Å². The molecule has 0 saturated heterocycles. The Bertz CT molecular complexity index is 1210. The van der Waals surface area contributed by atoms with E-state index in [1.54, 1.807) is 0 Å². The van der Waals surface area contributed by atoms with Crippen LogP contribution < -0.4 is 0 Å². The molecule has 0 unspecified atom stereocenters. The Morgan fingerprint density at radius 2 is 1.36 bits per heavy atom. The van der Waals surface area contributed by atoms with Crippen molar-refractivity contribution in [2.75, 3.05) is 0 Å². The molecule has 25 heavy (non-hydrogen) atoms. The van der Waals surface area contributed by atoms with Crippen molar-refractivity contribution in [3.05, 3.63) is 90.1 Å². The molecule has 118 valence electrons. The third-order valence-corrected chi connectivity index (χ3v) is 4.75. The van der Waals surface area contributed by atoms with Crippen molar-refractivity contribution in [1.82, 2.24) is 4.40 Å². The van der Waals surface area contributed by atoms with Crippen LogP contribution in [-0.2, 0) is 0 Å². The summed E-state index contributed by atoms with van der Waals surface area (Å²) in [5.74, 6) is -0.244. The molecule has 1 aliphatic carbocycles. The highest BCUT2D eigenvalue weighted by molar-refractivity contribution is 6.29. The Morgan fingerprint density at radius 1 is 0.680 bits per heavy atom. The number of fused-ring (bicyclic) bond motifs is 5. The zero-order valence-corrected chi connectivity index (χ0v) is 13.3. The average Bonchev–Trinajstić information content (AvgIpc) is 3.02. The lowest BCUT2D eigenvalue weighted by atomic mass is 9.93. The van der Waals surface area contributed by atoms with E-state index in [9.17, 15) is 9.59 Å². The molecular weight excluding hydrogens is 310 g/mol. The SMILES string of the molecule is O=C1C=CC(=O)c2c1c(-c1ccccc1)n1ccc3ccccc3c21. The van der Waals surface area contributed by atoms with Gasteiger partial charge in [-0.25, -0.2) is 0 Å². The summed E-state index contributed by atoms with van der Waals surface area (Å²) in [5, 5.41) is 2.02. The first-order chi connectivity index (χ1) is 12.3. The largest absolute Gasteiger partial charge is 0.314 e. The van der Waals surface area contributed by atoms with Crippen LogP contribution in [0.3, 0.4) is 0 Å². The molecule has 0 spiro atoms. The molecule has 0 N–H and O–H groups in total. The van der Waals surface area contributed by atoms with Crippen molar-refractivity contribution in [3.63, 3.8) is 0 Å².